The standard InChI is InChI=1S/C19H23N5O2/c1-3-19(2)9-11-24(17(19)26)16-8-10-21-18(23-16)22-14-6-4-13(5-7-14)12-15(20)25/h4-8,10H,3,9,11-12H2,1-2H3,(H2,20,25)(H,21,22,23)/t19-/m1/s1. The Hall–Kier alpha value is -2.96. The van der Waals surface area contributed by atoms with Crippen molar-refractivity contribution in [3.63, 3.8) is 0 Å². The molecule has 1 aliphatic heterocycles. The van der Waals surface area contributed by atoms with Crippen molar-refractivity contribution in [3.8, 4) is 0 Å². The van der Waals surface area contributed by atoms with Crippen molar-refractivity contribution in [1.82, 2.24) is 9.97 Å². The molecule has 136 valence electrons. The number of aromatic nitrogens is 2. The molecular weight excluding hydrogens is 330 g/mol. The van der Waals surface area contributed by atoms with E-state index in [1.165, 1.54) is 0 Å². The molecule has 2 heterocycles. The minimum Gasteiger partial charge on any atom is -0.369 e. The lowest BCUT2D eigenvalue weighted by Crippen LogP contribution is -2.32. The van der Waals surface area contributed by atoms with Crippen LogP contribution in [0.1, 0.15) is 32.3 Å². The van der Waals surface area contributed by atoms with Gasteiger partial charge in [0, 0.05) is 23.8 Å². The van der Waals surface area contributed by atoms with Crippen LogP contribution >= 0.6 is 0 Å². The number of nitrogens with two attached hydrogens (primary N) is 1. The average Bonchev–Trinajstić information content (AvgIpc) is 2.92. The van der Waals surface area contributed by atoms with E-state index in [9.17, 15) is 9.59 Å². The third-order valence-electron chi connectivity index (χ3n) is 4.93. The van der Waals surface area contributed by atoms with Gasteiger partial charge in [0.05, 0.1) is 6.42 Å². The van der Waals surface area contributed by atoms with Gasteiger partial charge in [0.15, 0.2) is 0 Å². The molecule has 0 radical (unpaired) electrons. The van der Waals surface area contributed by atoms with E-state index >= 15 is 0 Å². The van der Waals surface area contributed by atoms with E-state index in [0.717, 1.165) is 24.1 Å². The van der Waals surface area contributed by atoms with Crippen LogP contribution in [0.25, 0.3) is 0 Å². The second-order valence-corrected chi connectivity index (χ2v) is 6.82. The number of carbonyl (C=O) groups excluding carboxylic acids is 2. The van der Waals surface area contributed by atoms with Crippen LogP contribution in [-0.2, 0) is 16.0 Å². The Morgan fingerprint density at radius 1 is 1.31 bits per heavy atom. The number of carbonyl (C=O) groups is 2. The second-order valence-electron chi connectivity index (χ2n) is 6.82. The first-order valence-electron chi connectivity index (χ1n) is 8.70. The van der Waals surface area contributed by atoms with E-state index in [1.54, 1.807) is 17.2 Å². The Morgan fingerprint density at radius 3 is 2.65 bits per heavy atom. The summed E-state index contributed by atoms with van der Waals surface area (Å²) < 4.78 is 0. The van der Waals surface area contributed by atoms with Gasteiger partial charge < -0.3 is 11.1 Å². The smallest absolute Gasteiger partial charge is 0.234 e. The molecular formula is C19H23N5O2. The number of benzene rings is 1. The van der Waals surface area contributed by atoms with E-state index in [1.807, 2.05) is 38.1 Å². The van der Waals surface area contributed by atoms with Crippen LogP contribution in [0.4, 0.5) is 17.5 Å². The van der Waals surface area contributed by atoms with E-state index < -0.39 is 0 Å². The van der Waals surface area contributed by atoms with Gasteiger partial charge in [-0.3, -0.25) is 14.5 Å². The molecule has 0 unspecified atom stereocenters. The maximum atomic E-state index is 12.7. The Morgan fingerprint density at radius 2 is 2.04 bits per heavy atom. The highest BCUT2D eigenvalue weighted by Gasteiger charge is 2.42. The summed E-state index contributed by atoms with van der Waals surface area (Å²) in [4.78, 5) is 34.1. The Bertz CT molecular complexity index is 821. The summed E-state index contributed by atoms with van der Waals surface area (Å²) >= 11 is 0. The van der Waals surface area contributed by atoms with E-state index in [-0.39, 0.29) is 23.7 Å². The van der Waals surface area contributed by atoms with Crippen molar-refractivity contribution >= 4 is 29.3 Å². The summed E-state index contributed by atoms with van der Waals surface area (Å²) in [5.41, 5.74) is 6.52. The van der Waals surface area contributed by atoms with Crippen molar-refractivity contribution in [2.24, 2.45) is 11.1 Å². The molecule has 26 heavy (non-hydrogen) atoms. The molecule has 7 heteroatoms. The second kappa shape index (κ2) is 7.11. The highest BCUT2D eigenvalue weighted by molar-refractivity contribution is 5.98. The van der Waals surface area contributed by atoms with Crippen molar-refractivity contribution in [3.05, 3.63) is 42.1 Å². The van der Waals surface area contributed by atoms with Gasteiger partial charge in [0.25, 0.3) is 0 Å². The summed E-state index contributed by atoms with van der Waals surface area (Å²) in [6.07, 6.45) is 3.49. The van der Waals surface area contributed by atoms with Crippen LogP contribution in [-0.4, -0.2) is 28.3 Å². The quantitative estimate of drug-likeness (QED) is 0.830. The minimum absolute atomic E-state index is 0.112. The Kier molecular flexibility index (Phi) is 4.88. The SMILES string of the molecule is CC[C@]1(C)CCN(c2ccnc(Nc3ccc(CC(N)=O)cc3)n2)C1=O. The average molecular weight is 353 g/mol. The molecule has 7 nitrogen and oxygen atoms in total. The van der Waals surface area contributed by atoms with Crippen LogP contribution < -0.4 is 16.0 Å². The molecule has 0 bridgehead atoms. The van der Waals surface area contributed by atoms with Crippen LogP contribution in [0.15, 0.2) is 36.5 Å². The van der Waals surface area contributed by atoms with Crippen molar-refractivity contribution in [2.45, 2.75) is 33.1 Å². The number of nitrogens with zero attached hydrogens (tertiary/aromatic N) is 3. The normalized spacial score (nSPS) is 19.6. The van der Waals surface area contributed by atoms with Crippen LogP contribution in [0, 0.1) is 5.41 Å². The number of rotatable bonds is 6. The number of amides is 2. The number of nitrogens with one attached hydrogen (secondary N) is 1. The largest absolute Gasteiger partial charge is 0.369 e. The molecule has 1 fully saturated rings. The molecule has 2 aromatic rings. The van der Waals surface area contributed by atoms with Crippen LogP contribution in [0.5, 0.6) is 0 Å². The van der Waals surface area contributed by atoms with Gasteiger partial charge in [-0.2, -0.15) is 4.98 Å². The molecule has 3 N–H and O–H groups in total. The highest BCUT2D eigenvalue weighted by atomic mass is 16.2. The summed E-state index contributed by atoms with van der Waals surface area (Å²) in [7, 11) is 0. The Labute approximate surface area is 152 Å². The Balaban J connectivity index is 1.74. The van der Waals surface area contributed by atoms with Crippen molar-refractivity contribution in [2.75, 3.05) is 16.8 Å². The number of hydrogen-bond donors (Lipinski definition) is 2. The minimum atomic E-state index is -0.365. The predicted molar refractivity (Wildman–Crippen MR) is 100 cm³/mol. The first-order valence-corrected chi connectivity index (χ1v) is 8.70. The number of anilines is 3. The summed E-state index contributed by atoms with van der Waals surface area (Å²) in [5, 5.41) is 3.12. The van der Waals surface area contributed by atoms with Gasteiger partial charge in [-0.1, -0.05) is 26.0 Å². The van der Waals surface area contributed by atoms with Crippen LogP contribution in [0.3, 0.4) is 0 Å². The first-order chi connectivity index (χ1) is 12.4. The van der Waals surface area contributed by atoms with Crippen LogP contribution in [0.2, 0.25) is 0 Å². The summed E-state index contributed by atoms with van der Waals surface area (Å²) in [5.74, 6) is 0.773. The lowest BCUT2D eigenvalue weighted by molar-refractivity contribution is -0.125. The summed E-state index contributed by atoms with van der Waals surface area (Å²) in [6.45, 7) is 4.71. The maximum Gasteiger partial charge on any atom is 0.234 e. The predicted octanol–water partition coefficient (Wildman–Crippen LogP) is 2.40. The first kappa shape index (κ1) is 17.8. The highest BCUT2D eigenvalue weighted by Crippen LogP contribution is 2.36. The van der Waals surface area contributed by atoms with Gasteiger partial charge in [0.1, 0.15) is 5.82 Å². The zero-order chi connectivity index (χ0) is 18.7. The molecule has 1 aromatic heterocycles. The molecule has 1 saturated heterocycles. The lowest BCUT2D eigenvalue weighted by atomic mass is 9.86. The van der Waals surface area contributed by atoms with Gasteiger partial charge in [-0.15, -0.1) is 0 Å². The maximum absolute atomic E-state index is 12.7. The van der Waals surface area contributed by atoms with Gasteiger partial charge >= 0.3 is 0 Å². The third-order valence-corrected chi connectivity index (χ3v) is 4.93. The fourth-order valence-corrected chi connectivity index (χ4v) is 3.04. The number of primary amides is 1. The molecule has 0 spiro atoms. The van der Waals surface area contributed by atoms with E-state index in [0.29, 0.717) is 18.3 Å². The van der Waals surface area contributed by atoms with E-state index in [4.69, 9.17) is 5.73 Å². The van der Waals surface area contributed by atoms with Gasteiger partial charge in [-0.25, -0.2) is 4.98 Å². The van der Waals surface area contributed by atoms with Crippen molar-refractivity contribution < 1.29 is 9.59 Å². The van der Waals surface area contributed by atoms with Crippen molar-refractivity contribution in [1.29, 1.82) is 0 Å². The zero-order valence-corrected chi connectivity index (χ0v) is 15.0. The molecule has 2 amide bonds. The van der Waals surface area contributed by atoms with Gasteiger partial charge in [0.2, 0.25) is 17.8 Å². The fraction of sp³-hybridized carbons (Fsp3) is 0.368. The number of hydrogen-bond acceptors (Lipinski definition) is 5. The molecule has 1 aliphatic rings. The fourth-order valence-electron chi connectivity index (χ4n) is 3.04. The molecule has 0 aliphatic carbocycles. The zero-order valence-electron chi connectivity index (χ0n) is 15.0. The van der Waals surface area contributed by atoms with E-state index in [2.05, 4.69) is 15.3 Å². The molecule has 1 aromatic carbocycles. The molecule has 0 saturated carbocycles. The summed E-state index contributed by atoms with van der Waals surface area (Å²) in [6, 6.07) is 9.08. The molecule has 3 rings (SSSR count). The lowest BCUT2D eigenvalue weighted by Gasteiger charge is -2.21. The van der Waals surface area contributed by atoms with Gasteiger partial charge in [-0.05, 0) is 36.6 Å². The monoisotopic (exact) mass is 353 g/mol. The topological polar surface area (TPSA) is 101 Å². The molecule has 1 atom stereocenters. The third kappa shape index (κ3) is 3.66.